The van der Waals surface area contributed by atoms with Crippen LogP contribution in [0.2, 0.25) is 0 Å². The molecule has 24 heavy (non-hydrogen) atoms. The largest absolute Gasteiger partial charge is 0.493 e. The van der Waals surface area contributed by atoms with Crippen LogP contribution in [0, 0.1) is 0 Å². The van der Waals surface area contributed by atoms with Crippen molar-refractivity contribution >= 4 is 18.3 Å². The number of halogens is 1. The molecule has 0 saturated heterocycles. The van der Waals surface area contributed by atoms with Crippen molar-refractivity contribution in [2.24, 2.45) is 5.73 Å². The molecule has 1 unspecified atom stereocenters. The van der Waals surface area contributed by atoms with Gasteiger partial charge in [-0.3, -0.25) is 4.79 Å². The van der Waals surface area contributed by atoms with E-state index in [1.807, 2.05) is 25.1 Å². The summed E-state index contributed by atoms with van der Waals surface area (Å²) in [7, 11) is 0. The smallest absolute Gasteiger partial charge is 0.221 e. The van der Waals surface area contributed by atoms with Gasteiger partial charge in [-0.2, -0.15) is 0 Å². The Kier molecular flexibility index (Phi) is 6.23. The lowest BCUT2D eigenvalue weighted by molar-refractivity contribution is -0.121. The van der Waals surface area contributed by atoms with Gasteiger partial charge in [0.1, 0.15) is 5.75 Å². The zero-order valence-electron chi connectivity index (χ0n) is 13.7. The lowest BCUT2D eigenvalue weighted by Gasteiger charge is -2.09. The van der Waals surface area contributed by atoms with Crippen LogP contribution >= 0.6 is 12.4 Å². The number of hydrogen-bond donors (Lipinski definition) is 2. The van der Waals surface area contributed by atoms with E-state index in [0.717, 1.165) is 24.3 Å². The highest BCUT2D eigenvalue weighted by atomic mass is 35.5. The van der Waals surface area contributed by atoms with Crippen molar-refractivity contribution in [3.63, 3.8) is 0 Å². The van der Waals surface area contributed by atoms with Crippen LogP contribution < -0.4 is 15.8 Å². The summed E-state index contributed by atoms with van der Waals surface area (Å²) >= 11 is 0. The molecule has 2 aromatic rings. The Bertz CT molecular complexity index is 699. The third kappa shape index (κ3) is 4.49. The second kappa shape index (κ2) is 8.18. The molecule has 0 aliphatic carbocycles. The molecule has 1 aliphatic heterocycles. The summed E-state index contributed by atoms with van der Waals surface area (Å²) in [6.07, 6.45) is 1.34. The summed E-state index contributed by atoms with van der Waals surface area (Å²) in [6.45, 7) is 3.14. The minimum absolute atomic E-state index is 0. The monoisotopic (exact) mass is 346 g/mol. The molecule has 1 heterocycles. The van der Waals surface area contributed by atoms with Crippen molar-refractivity contribution in [3.8, 4) is 16.9 Å². The molecular formula is C19H23ClN2O2. The van der Waals surface area contributed by atoms with Crippen LogP contribution in [0.5, 0.6) is 5.75 Å². The molecule has 0 spiro atoms. The van der Waals surface area contributed by atoms with Crippen molar-refractivity contribution < 1.29 is 9.53 Å². The zero-order valence-corrected chi connectivity index (χ0v) is 14.6. The van der Waals surface area contributed by atoms with Crippen LogP contribution in [0.4, 0.5) is 0 Å². The Balaban J connectivity index is 0.00000208. The van der Waals surface area contributed by atoms with E-state index in [9.17, 15) is 4.79 Å². The van der Waals surface area contributed by atoms with Gasteiger partial charge in [0, 0.05) is 25.4 Å². The van der Waals surface area contributed by atoms with Gasteiger partial charge in [-0.05, 0) is 41.3 Å². The van der Waals surface area contributed by atoms with Gasteiger partial charge in [-0.15, -0.1) is 12.4 Å². The van der Waals surface area contributed by atoms with Gasteiger partial charge >= 0.3 is 0 Å². The topological polar surface area (TPSA) is 64.4 Å². The van der Waals surface area contributed by atoms with Gasteiger partial charge in [-0.25, -0.2) is 0 Å². The number of carbonyl (C=O) groups excluding carboxylic acids is 1. The average Bonchev–Trinajstić information content (AvgIpc) is 3.00. The van der Waals surface area contributed by atoms with E-state index >= 15 is 0 Å². The van der Waals surface area contributed by atoms with Gasteiger partial charge in [0.2, 0.25) is 5.91 Å². The molecule has 1 aliphatic rings. The first kappa shape index (κ1) is 18.3. The fourth-order valence-electron chi connectivity index (χ4n) is 2.75. The van der Waals surface area contributed by atoms with E-state index in [1.165, 1.54) is 16.7 Å². The number of benzene rings is 2. The highest BCUT2D eigenvalue weighted by Crippen LogP contribution is 2.30. The lowest BCUT2D eigenvalue weighted by Crippen LogP contribution is -2.29. The Morgan fingerprint density at radius 2 is 1.92 bits per heavy atom. The van der Waals surface area contributed by atoms with Gasteiger partial charge in [-0.1, -0.05) is 30.3 Å². The second-order valence-electron chi connectivity index (χ2n) is 6.08. The first-order chi connectivity index (χ1) is 11.1. The van der Waals surface area contributed by atoms with Crippen molar-refractivity contribution in [2.75, 3.05) is 6.61 Å². The molecule has 2 aromatic carbocycles. The van der Waals surface area contributed by atoms with Crippen LogP contribution in [-0.2, 0) is 17.8 Å². The standard InChI is InChI=1S/C19H22N2O2.ClH/c1-13(20)10-19(22)21-12-14-2-4-15(5-3-14)16-6-7-18-17(11-16)8-9-23-18;/h2-7,11,13H,8-10,12,20H2,1H3,(H,21,22);1H. The average molecular weight is 347 g/mol. The third-order valence-corrected chi connectivity index (χ3v) is 3.97. The quantitative estimate of drug-likeness (QED) is 0.874. The van der Waals surface area contributed by atoms with Gasteiger partial charge < -0.3 is 15.8 Å². The van der Waals surface area contributed by atoms with Crippen LogP contribution in [-0.4, -0.2) is 18.6 Å². The highest BCUT2D eigenvalue weighted by Gasteiger charge is 2.12. The van der Waals surface area contributed by atoms with Gasteiger partial charge in [0.05, 0.1) is 6.61 Å². The Morgan fingerprint density at radius 1 is 1.21 bits per heavy atom. The molecule has 0 radical (unpaired) electrons. The molecule has 0 aromatic heterocycles. The minimum atomic E-state index is -0.110. The maximum absolute atomic E-state index is 11.6. The lowest BCUT2D eigenvalue weighted by atomic mass is 10.0. The van der Waals surface area contributed by atoms with Crippen LogP contribution in [0.3, 0.4) is 0 Å². The van der Waals surface area contributed by atoms with E-state index in [2.05, 4.69) is 29.6 Å². The SMILES string of the molecule is CC(N)CC(=O)NCc1ccc(-c2ccc3c(c2)CCO3)cc1.Cl. The first-order valence-electron chi connectivity index (χ1n) is 7.99. The Morgan fingerprint density at radius 3 is 2.62 bits per heavy atom. The van der Waals surface area contributed by atoms with Crippen LogP contribution in [0.15, 0.2) is 42.5 Å². The van der Waals surface area contributed by atoms with Crippen LogP contribution in [0.1, 0.15) is 24.5 Å². The van der Waals surface area contributed by atoms with E-state index < -0.39 is 0 Å². The molecule has 5 heteroatoms. The number of fused-ring (bicyclic) bond motifs is 1. The number of carbonyl (C=O) groups is 1. The summed E-state index contributed by atoms with van der Waals surface area (Å²) in [5.74, 6) is 0.991. The van der Waals surface area contributed by atoms with Crippen molar-refractivity contribution in [1.82, 2.24) is 5.32 Å². The summed E-state index contributed by atoms with van der Waals surface area (Å²) in [5, 5.41) is 2.89. The molecule has 3 rings (SSSR count). The zero-order chi connectivity index (χ0) is 16.2. The summed E-state index contributed by atoms with van der Waals surface area (Å²) < 4.78 is 5.54. The molecule has 3 N–H and O–H groups in total. The van der Waals surface area contributed by atoms with E-state index in [0.29, 0.717) is 13.0 Å². The fraction of sp³-hybridized carbons (Fsp3) is 0.316. The summed E-state index contributed by atoms with van der Waals surface area (Å²) in [4.78, 5) is 11.6. The van der Waals surface area contributed by atoms with Crippen molar-refractivity contribution in [2.45, 2.75) is 32.4 Å². The molecule has 0 fully saturated rings. The Hall–Kier alpha value is -2.04. The summed E-state index contributed by atoms with van der Waals surface area (Å²) in [5.41, 5.74) is 10.3. The number of amides is 1. The number of nitrogens with one attached hydrogen (secondary N) is 1. The second-order valence-corrected chi connectivity index (χ2v) is 6.08. The van der Waals surface area contributed by atoms with Crippen LogP contribution in [0.25, 0.3) is 11.1 Å². The van der Waals surface area contributed by atoms with E-state index in [1.54, 1.807) is 0 Å². The number of nitrogens with two attached hydrogens (primary N) is 1. The van der Waals surface area contributed by atoms with Crippen molar-refractivity contribution in [1.29, 1.82) is 0 Å². The summed E-state index contributed by atoms with van der Waals surface area (Å²) in [6, 6.07) is 14.5. The van der Waals surface area contributed by atoms with Gasteiger partial charge in [0.25, 0.3) is 0 Å². The molecule has 0 saturated carbocycles. The maximum Gasteiger partial charge on any atom is 0.221 e. The molecular weight excluding hydrogens is 324 g/mol. The predicted octanol–water partition coefficient (Wildman–Crippen LogP) is 3.06. The molecule has 1 amide bonds. The highest BCUT2D eigenvalue weighted by molar-refractivity contribution is 5.85. The maximum atomic E-state index is 11.6. The fourth-order valence-corrected chi connectivity index (χ4v) is 2.75. The van der Waals surface area contributed by atoms with E-state index in [4.69, 9.17) is 10.5 Å². The Labute approximate surface area is 148 Å². The number of ether oxygens (including phenoxy) is 1. The number of hydrogen-bond acceptors (Lipinski definition) is 3. The predicted molar refractivity (Wildman–Crippen MR) is 98.4 cm³/mol. The molecule has 128 valence electrons. The third-order valence-electron chi connectivity index (χ3n) is 3.97. The van der Waals surface area contributed by atoms with Gasteiger partial charge in [0.15, 0.2) is 0 Å². The molecule has 0 bridgehead atoms. The van der Waals surface area contributed by atoms with E-state index in [-0.39, 0.29) is 24.4 Å². The molecule has 1 atom stereocenters. The van der Waals surface area contributed by atoms with Crippen molar-refractivity contribution in [3.05, 3.63) is 53.6 Å². The number of rotatable bonds is 5. The minimum Gasteiger partial charge on any atom is -0.493 e. The molecule has 4 nitrogen and oxygen atoms in total. The first-order valence-corrected chi connectivity index (χ1v) is 7.99. The normalized spacial score (nSPS) is 13.4.